The first-order valence-electron chi connectivity index (χ1n) is 16.9. The number of hydrogen-bond donors (Lipinski definition) is 0. The molecule has 0 N–H and O–H groups in total. The second-order valence-electron chi connectivity index (χ2n) is 12.4. The van der Waals surface area contributed by atoms with E-state index < -0.39 is 0 Å². The summed E-state index contributed by atoms with van der Waals surface area (Å²) in [5.74, 6) is 1.94. The van der Waals surface area contributed by atoms with Gasteiger partial charge in [0.1, 0.15) is 0 Å². The number of hydrogen-bond acceptors (Lipinski definition) is 3. The van der Waals surface area contributed by atoms with E-state index in [1.54, 1.807) is 0 Å². The van der Waals surface area contributed by atoms with Crippen LogP contribution in [0.4, 0.5) is 0 Å². The Morgan fingerprint density at radius 3 is 1.44 bits per heavy atom. The Balaban J connectivity index is 1.21. The molecule has 9 rings (SSSR count). The van der Waals surface area contributed by atoms with Crippen LogP contribution in [-0.2, 0) is 0 Å². The summed E-state index contributed by atoms with van der Waals surface area (Å²) >= 11 is 0. The zero-order valence-electron chi connectivity index (χ0n) is 27.2. The highest BCUT2D eigenvalue weighted by Crippen LogP contribution is 2.39. The molecule has 0 aliphatic carbocycles. The van der Waals surface area contributed by atoms with Crippen molar-refractivity contribution in [1.82, 2.24) is 15.0 Å². The Labute approximate surface area is 291 Å². The molecule has 0 atom stereocenters. The maximum Gasteiger partial charge on any atom is 0.164 e. The summed E-state index contributed by atoms with van der Waals surface area (Å²) in [5.41, 5.74) is 9.85. The third-order valence-corrected chi connectivity index (χ3v) is 9.33. The lowest BCUT2D eigenvalue weighted by Gasteiger charge is -2.15. The van der Waals surface area contributed by atoms with Crippen molar-refractivity contribution in [2.75, 3.05) is 0 Å². The smallest absolute Gasteiger partial charge is 0.164 e. The van der Waals surface area contributed by atoms with Crippen molar-refractivity contribution in [2.45, 2.75) is 0 Å². The van der Waals surface area contributed by atoms with Gasteiger partial charge in [0.05, 0.1) is 0 Å². The Kier molecular flexibility index (Phi) is 7.49. The normalized spacial score (nSPS) is 11.2. The maximum atomic E-state index is 5.13. The summed E-state index contributed by atoms with van der Waals surface area (Å²) in [4.78, 5) is 15.2. The summed E-state index contributed by atoms with van der Waals surface area (Å²) in [6.45, 7) is 0. The van der Waals surface area contributed by atoms with Crippen LogP contribution in [0.25, 0.3) is 89.1 Å². The van der Waals surface area contributed by atoms with Gasteiger partial charge in [-0.1, -0.05) is 176 Å². The highest BCUT2D eigenvalue weighted by atomic mass is 15.0. The van der Waals surface area contributed by atoms with E-state index in [1.165, 1.54) is 33.0 Å². The van der Waals surface area contributed by atoms with Crippen LogP contribution in [0.5, 0.6) is 0 Å². The Bertz CT molecular complexity index is 2640. The van der Waals surface area contributed by atoms with Crippen LogP contribution in [0.15, 0.2) is 188 Å². The molecule has 0 aliphatic rings. The highest BCUT2D eigenvalue weighted by molar-refractivity contribution is 5.99. The van der Waals surface area contributed by atoms with Crippen LogP contribution in [0.1, 0.15) is 0 Å². The van der Waals surface area contributed by atoms with Gasteiger partial charge in [-0.2, -0.15) is 0 Å². The predicted molar refractivity (Wildman–Crippen MR) is 207 cm³/mol. The SMILES string of the molecule is c1ccc(-c2nc(-c3cccc(-c4ccc(-c5cccc6ccccc56)cc4-c4ccccc4)c3)nc(-c3cccc4ccccc34)n2)cc1. The summed E-state index contributed by atoms with van der Waals surface area (Å²) in [6, 6.07) is 65.9. The van der Waals surface area contributed by atoms with Crippen molar-refractivity contribution >= 4 is 21.5 Å². The zero-order valence-corrected chi connectivity index (χ0v) is 27.2. The van der Waals surface area contributed by atoms with E-state index in [0.29, 0.717) is 17.5 Å². The topological polar surface area (TPSA) is 38.7 Å². The van der Waals surface area contributed by atoms with Gasteiger partial charge >= 0.3 is 0 Å². The molecule has 0 saturated heterocycles. The van der Waals surface area contributed by atoms with E-state index in [1.807, 2.05) is 30.3 Å². The lowest BCUT2D eigenvalue weighted by Crippen LogP contribution is -2.00. The standard InChI is InChI=1S/C47H31N3/c1-3-14-34(15-4-1)44-31-37(41-26-12-20-32-16-7-9-24-39(32)41)28-29-42(44)36-22-11-23-38(30-36)46-48-45(35-18-5-2-6-19-35)49-47(50-46)43-27-13-21-33-17-8-10-25-40(33)43/h1-31H. The van der Waals surface area contributed by atoms with Crippen LogP contribution < -0.4 is 0 Å². The largest absolute Gasteiger partial charge is 0.208 e. The molecule has 3 heteroatoms. The number of benzene rings is 8. The molecule has 234 valence electrons. The molecular formula is C47H31N3. The molecular weight excluding hydrogens is 607 g/mol. The minimum atomic E-state index is 0.636. The van der Waals surface area contributed by atoms with E-state index in [0.717, 1.165) is 38.6 Å². The third-order valence-electron chi connectivity index (χ3n) is 9.33. The van der Waals surface area contributed by atoms with Crippen molar-refractivity contribution in [3.63, 3.8) is 0 Å². The molecule has 0 unspecified atom stereocenters. The molecule has 0 amide bonds. The van der Waals surface area contributed by atoms with Gasteiger partial charge < -0.3 is 0 Å². The molecule has 0 spiro atoms. The van der Waals surface area contributed by atoms with Crippen molar-refractivity contribution in [2.24, 2.45) is 0 Å². The summed E-state index contributed by atoms with van der Waals surface area (Å²) in [6.07, 6.45) is 0. The lowest BCUT2D eigenvalue weighted by molar-refractivity contribution is 1.08. The fourth-order valence-corrected chi connectivity index (χ4v) is 6.89. The molecule has 8 aromatic carbocycles. The molecule has 1 aromatic heterocycles. The summed E-state index contributed by atoms with van der Waals surface area (Å²) < 4.78 is 0. The molecule has 0 aliphatic heterocycles. The molecule has 0 fully saturated rings. The minimum absolute atomic E-state index is 0.636. The first-order valence-corrected chi connectivity index (χ1v) is 16.9. The van der Waals surface area contributed by atoms with Crippen molar-refractivity contribution < 1.29 is 0 Å². The fourth-order valence-electron chi connectivity index (χ4n) is 6.89. The van der Waals surface area contributed by atoms with E-state index >= 15 is 0 Å². The van der Waals surface area contributed by atoms with Crippen LogP contribution >= 0.6 is 0 Å². The Morgan fingerprint density at radius 1 is 0.240 bits per heavy atom. The zero-order chi connectivity index (χ0) is 33.3. The van der Waals surface area contributed by atoms with Crippen LogP contribution in [0, 0.1) is 0 Å². The quantitative estimate of drug-likeness (QED) is 0.182. The molecule has 9 aromatic rings. The van der Waals surface area contributed by atoms with E-state index in [-0.39, 0.29) is 0 Å². The average Bonchev–Trinajstić information content (AvgIpc) is 3.21. The molecule has 50 heavy (non-hydrogen) atoms. The first kappa shape index (κ1) is 29.4. The van der Waals surface area contributed by atoms with Gasteiger partial charge in [-0.25, -0.2) is 15.0 Å². The van der Waals surface area contributed by atoms with E-state index in [9.17, 15) is 0 Å². The number of aromatic nitrogens is 3. The van der Waals surface area contributed by atoms with Gasteiger partial charge in [-0.05, 0) is 67.1 Å². The van der Waals surface area contributed by atoms with E-state index in [2.05, 4.69) is 158 Å². The summed E-state index contributed by atoms with van der Waals surface area (Å²) in [7, 11) is 0. The third kappa shape index (κ3) is 5.51. The molecule has 1 heterocycles. The van der Waals surface area contributed by atoms with Crippen molar-refractivity contribution in [3.8, 4) is 67.5 Å². The van der Waals surface area contributed by atoms with Gasteiger partial charge in [0.2, 0.25) is 0 Å². The van der Waals surface area contributed by atoms with Crippen molar-refractivity contribution in [1.29, 1.82) is 0 Å². The maximum absolute atomic E-state index is 5.13. The number of rotatable bonds is 6. The highest BCUT2D eigenvalue weighted by Gasteiger charge is 2.16. The lowest BCUT2D eigenvalue weighted by atomic mass is 9.89. The predicted octanol–water partition coefficient (Wildman–Crippen LogP) is 12.2. The number of nitrogens with zero attached hydrogens (tertiary/aromatic N) is 3. The van der Waals surface area contributed by atoms with Crippen LogP contribution in [-0.4, -0.2) is 15.0 Å². The van der Waals surface area contributed by atoms with Crippen molar-refractivity contribution in [3.05, 3.63) is 188 Å². The second kappa shape index (κ2) is 12.7. The van der Waals surface area contributed by atoms with Gasteiger partial charge in [-0.3, -0.25) is 0 Å². The van der Waals surface area contributed by atoms with E-state index in [4.69, 9.17) is 15.0 Å². The molecule has 0 bridgehead atoms. The minimum Gasteiger partial charge on any atom is -0.208 e. The van der Waals surface area contributed by atoms with Crippen LogP contribution in [0.3, 0.4) is 0 Å². The fraction of sp³-hybridized carbons (Fsp3) is 0. The molecule has 3 nitrogen and oxygen atoms in total. The number of fused-ring (bicyclic) bond motifs is 2. The van der Waals surface area contributed by atoms with Gasteiger partial charge in [-0.15, -0.1) is 0 Å². The van der Waals surface area contributed by atoms with Gasteiger partial charge in [0.15, 0.2) is 17.5 Å². The second-order valence-corrected chi connectivity index (χ2v) is 12.4. The molecule has 0 saturated carbocycles. The average molecular weight is 638 g/mol. The summed E-state index contributed by atoms with van der Waals surface area (Å²) in [5, 5.41) is 4.74. The van der Waals surface area contributed by atoms with Gasteiger partial charge in [0.25, 0.3) is 0 Å². The monoisotopic (exact) mass is 637 g/mol. The van der Waals surface area contributed by atoms with Crippen LogP contribution in [0.2, 0.25) is 0 Å². The van der Waals surface area contributed by atoms with Gasteiger partial charge in [0, 0.05) is 16.7 Å². The Morgan fingerprint density at radius 2 is 0.720 bits per heavy atom. The molecule has 0 radical (unpaired) electrons. The first-order chi connectivity index (χ1) is 24.8. The Hall–Kier alpha value is -6.71.